The molecule has 1 aromatic heterocycles. The average molecular weight is 337 g/mol. The van der Waals surface area contributed by atoms with Crippen molar-refractivity contribution in [3.63, 3.8) is 0 Å². The number of aromatic nitrogens is 1. The van der Waals surface area contributed by atoms with Gasteiger partial charge in [-0.25, -0.2) is 4.98 Å². The van der Waals surface area contributed by atoms with Crippen LogP contribution in [0.5, 0.6) is 0 Å². The fourth-order valence-electron chi connectivity index (χ4n) is 2.98. The van der Waals surface area contributed by atoms with E-state index in [2.05, 4.69) is 34.1 Å². The van der Waals surface area contributed by atoms with Crippen LogP contribution in [0.15, 0.2) is 18.3 Å². The molecule has 0 radical (unpaired) electrons. The first-order valence-electron chi connectivity index (χ1n) is 9.25. The van der Waals surface area contributed by atoms with Crippen LogP contribution in [0.4, 0.5) is 5.69 Å². The minimum atomic E-state index is -0.145. The summed E-state index contributed by atoms with van der Waals surface area (Å²) in [5, 5.41) is 2.59. The van der Waals surface area contributed by atoms with Gasteiger partial charge in [-0.1, -0.05) is 27.2 Å². The topological polar surface area (TPSA) is 48.5 Å². The van der Waals surface area contributed by atoms with Crippen molar-refractivity contribution in [3.8, 4) is 0 Å². The quantitative estimate of drug-likeness (QED) is 0.866. The molecular formula is C19H36N4O. The summed E-state index contributed by atoms with van der Waals surface area (Å²) in [6.45, 7) is 10.8. The molecule has 5 heteroatoms. The first-order chi connectivity index (χ1) is 11.6. The molecule has 1 unspecified atom stereocenters. The summed E-state index contributed by atoms with van der Waals surface area (Å²) < 4.78 is 0. The van der Waals surface area contributed by atoms with E-state index in [4.69, 9.17) is 0 Å². The number of hydrogen-bond donors (Lipinski definition) is 1. The van der Waals surface area contributed by atoms with Gasteiger partial charge in [-0.05, 0) is 37.4 Å². The minimum absolute atomic E-state index is 0. The number of carbonyl (C=O) groups is 1. The van der Waals surface area contributed by atoms with Gasteiger partial charge in [0.1, 0.15) is 5.69 Å². The van der Waals surface area contributed by atoms with Crippen LogP contribution >= 0.6 is 0 Å². The average Bonchev–Trinajstić information content (AvgIpc) is 2.67. The first kappa shape index (κ1) is 20.4. The normalized spacial score (nSPS) is 17.6. The van der Waals surface area contributed by atoms with E-state index in [0.29, 0.717) is 5.69 Å². The third-order valence-corrected chi connectivity index (χ3v) is 4.58. The fourth-order valence-corrected chi connectivity index (χ4v) is 2.98. The van der Waals surface area contributed by atoms with Gasteiger partial charge in [0, 0.05) is 35.2 Å². The van der Waals surface area contributed by atoms with Crippen molar-refractivity contribution >= 4 is 11.6 Å². The molecular weight excluding hydrogens is 300 g/mol. The number of piperidine rings is 1. The van der Waals surface area contributed by atoms with Crippen LogP contribution in [-0.2, 0) is 0 Å². The highest BCUT2D eigenvalue weighted by Crippen LogP contribution is 2.19. The Morgan fingerprint density at radius 2 is 2.21 bits per heavy atom. The van der Waals surface area contributed by atoms with E-state index in [1.165, 1.54) is 32.4 Å². The SMILES string of the molecule is CC.CCC1CCCN(CCN(C)c2ccc(C(=O)NC)nc2)C1.[HH]. The van der Waals surface area contributed by atoms with Gasteiger partial charge >= 0.3 is 0 Å². The monoisotopic (exact) mass is 336 g/mol. The Kier molecular flexibility index (Phi) is 9.38. The van der Waals surface area contributed by atoms with Gasteiger partial charge in [0.2, 0.25) is 0 Å². The van der Waals surface area contributed by atoms with Gasteiger partial charge in [-0.3, -0.25) is 4.79 Å². The zero-order valence-corrected chi connectivity index (χ0v) is 16.0. The molecule has 1 fully saturated rings. The molecule has 0 aromatic carbocycles. The van der Waals surface area contributed by atoms with Crippen LogP contribution in [0.25, 0.3) is 0 Å². The van der Waals surface area contributed by atoms with E-state index in [1.807, 2.05) is 19.9 Å². The lowest BCUT2D eigenvalue weighted by Crippen LogP contribution is -2.40. The Hall–Kier alpha value is -1.62. The summed E-state index contributed by atoms with van der Waals surface area (Å²) in [5.74, 6) is 0.723. The number of nitrogens with one attached hydrogen (secondary N) is 1. The van der Waals surface area contributed by atoms with Crippen molar-refractivity contribution in [3.05, 3.63) is 24.0 Å². The van der Waals surface area contributed by atoms with Crippen LogP contribution in [-0.4, -0.2) is 56.1 Å². The molecule has 0 spiro atoms. The molecule has 24 heavy (non-hydrogen) atoms. The Balaban J connectivity index is 0.00000185. The van der Waals surface area contributed by atoms with Crippen LogP contribution in [0, 0.1) is 5.92 Å². The standard InChI is InChI=1S/C17H28N4O.C2H6.H2/c1-4-14-6-5-9-21(13-14)11-10-20(3)15-7-8-16(19-12-15)17(22)18-2;1-2;/h7-8,12,14H,4-6,9-11,13H2,1-3H3,(H,18,22);1-2H3;1H. The van der Waals surface area contributed by atoms with Crippen molar-refractivity contribution < 1.29 is 6.22 Å². The molecule has 138 valence electrons. The Bertz CT molecular complexity index is 481. The van der Waals surface area contributed by atoms with Crippen LogP contribution in [0.3, 0.4) is 0 Å². The number of amides is 1. The molecule has 1 aromatic rings. The molecule has 1 N–H and O–H groups in total. The van der Waals surface area contributed by atoms with E-state index in [9.17, 15) is 4.79 Å². The maximum absolute atomic E-state index is 11.5. The van der Waals surface area contributed by atoms with Crippen LogP contribution < -0.4 is 10.2 Å². The number of pyridine rings is 1. The number of rotatable bonds is 6. The van der Waals surface area contributed by atoms with E-state index >= 15 is 0 Å². The third kappa shape index (κ3) is 6.11. The van der Waals surface area contributed by atoms with Crippen molar-refractivity contribution in [2.24, 2.45) is 5.92 Å². The van der Waals surface area contributed by atoms with Gasteiger partial charge in [0.25, 0.3) is 5.91 Å². The molecule has 0 aliphatic carbocycles. The van der Waals surface area contributed by atoms with E-state index < -0.39 is 0 Å². The Morgan fingerprint density at radius 3 is 2.79 bits per heavy atom. The predicted molar refractivity (Wildman–Crippen MR) is 104 cm³/mol. The van der Waals surface area contributed by atoms with E-state index in [0.717, 1.165) is 24.7 Å². The molecule has 5 nitrogen and oxygen atoms in total. The summed E-state index contributed by atoms with van der Waals surface area (Å²) in [6, 6.07) is 3.74. The van der Waals surface area contributed by atoms with Gasteiger partial charge in [0.05, 0.1) is 11.9 Å². The number of likely N-dealkylation sites (N-methyl/N-ethyl adjacent to an activating group) is 1. The second-order valence-electron chi connectivity index (χ2n) is 6.12. The maximum atomic E-state index is 11.5. The van der Waals surface area contributed by atoms with E-state index in [-0.39, 0.29) is 7.33 Å². The summed E-state index contributed by atoms with van der Waals surface area (Å²) in [6.07, 6.45) is 5.77. The number of likely N-dealkylation sites (tertiary alicyclic amines) is 1. The van der Waals surface area contributed by atoms with Crippen molar-refractivity contribution in [2.75, 3.05) is 45.2 Å². The highest BCUT2D eigenvalue weighted by Gasteiger charge is 2.18. The lowest BCUT2D eigenvalue weighted by molar-refractivity contribution is 0.0958. The molecule has 1 aliphatic heterocycles. The summed E-state index contributed by atoms with van der Waals surface area (Å²) in [5.41, 5.74) is 1.51. The van der Waals surface area contributed by atoms with Crippen LogP contribution in [0.2, 0.25) is 0 Å². The lowest BCUT2D eigenvalue weighted by atomic mass is 9.96. The minimum Gasteiger partial charge on any atom is -0.372 e. The van der Waals surface area contributed by atoms with Gasteiger partial charge < -0.3 is 15.1 Å². The molecule has 1 saturated heterocycles. The zero-order valence-electron chi connectivity index (χ0n) is 16.0. The molecule has 1 aliphatic rings. The second-order valence-corrected chi connectivity index (χ2v) is 6.12. The summed E-state index contributed by atoms with van der Waals surface area (Å²) in [4.78, 5) is 20.5. The number of anilines is 1. The predicted octanol–water partition coefficient (Wildman–Crippen LogP) is 3.27. The van der Waals surface area contributed by atoms with Crippen molar-refractivity contribution in [2.45, 2.75) is 40.0 Å². The van der Waals surface area contributed by atoms with Crippen LogP contribution in [0.1, 0.15) is 51.9 Å². The molecule has 2 rings (SSSR count). The Morgan fingerprint density at radius 1 is 1.46 bits per heavy atom. The first-order valence-corrected chi connectivity index (χ1v) is 9.25. The fraction of sp³-hybridized carbons (Fsp3) is 0.684. The van der Waals surface area contributed by atoms with Crippen molar-refractivity contribution in [1.29, 1.82) is 0 Å². The molecule has 1 amide bonds. The van der Waals surface area contributed by atoms with Gasteiger partial charge in [-0.15, -0.1) is 0 Å². The largest absolute Gasteiger partial charge is 0.372 e. The number of hydrogen-bond acceptors (Lipinski definition) is 4. The second kappa shape index (κ2) is 11.0. The molecule has 0 saturated carbocycles. The van der Waals surface area contributed by atoms with E-state index in [1.54, 1.807) is 19.3 Å². The number of carbonyl (C=O) groups excluding carboxylic acids is 1. The summed E-state index contributed by atoms with van der Waals surface area (Å²) >= 11 is 0. The molecule has 1 atom stereocenters. The molecule has 2 heterocycles. The highest BCUT2D eigenvalue weighted by atomic mass is 16.1. The molecule has 0 bridgehead atoms. The smallest absolute Gasteiger partial charge is 0.269 e. The lowest BCUT2D eigenvalue weighted by Gasteiger charge is -2.33. The van der Waals surface area contributed by atoms with Gasteiger partial charge in [-0.2, -0.15) is 0 Å². The highest BCUT2D eigenvalue weighted by molar-refractivity contribution is 5.92. The maximum Gasteiger partial charge on any atom is 0.269 e. The Labute approximate surface area is 148 Å². The van der Waals surface area contributed by atoms with Crippen molar-refractivity contribution in [1.82, 2.24) is 15.2 Å². The van der Waals surface area contributed by atoms with Gasteiger partial charge in [0.15, 0.2) is 0 Å². The number of nitrogens with zero attached hydrogens (tertiary/aromatic N) is 3. The third-order valence-electron chi connectivity index (χ3n) is 4.58. The zero-order chi connectivity index (χ0) is 17.9. The summed E-state index contributed by atoms with van der Waals surface area (Å²) in [7, 11) is 3.70.